The van der Waals surface area contributed by atoms with Crippen molar-refractivity contribution in [3.63, 3.8) is 0 Å². The van der Waals surface area contributed by atoms with Crippen LogP contribution in [0, 0.1) is 0 Å². The molecule has 5 nitrogen and oxygen atoms in total. The fraction of sp³-hybridized carbons (Fsp3) is 0.143. The van der Waals surface area contributed by atoms with Crippen LogP contribution in [-0.2, 0) is 10.8 Å². The first-order valence-electron chi connectivity index (χ1n) is 21.8. The Morgan fingerprint density at radius 1 is 0.435 bits per heavy atom. The van der Waals surface area contributed by atoms with E-state index in [4.69, 9.17) is 13.3 Å². The van der Waals surface area contributed by atoms with Crippen LogP contribution in [0.15, 0.2) is 153 Å². The van der Waals surface area contributed by atoms with Gasteiger partial charge in [-0.2, -0.15) is 0 Å². The van der Waals surface area contributed by atoms with Gasteiger partial charge in [-0.1, -0.05) is 114 Å². The quantitative estimate of drug-likeness (QED) is 0.155. The van der Waals surface area contributed by atoms with E-state index in [0.29, 0.717) is 0 Å². The first-order valence-corrected chi connectivity index (χ1v) is 21.8. The summed E-state index contributed by atoms with van der Waals surface area (Å²) >= 11 is 0. The molecule has 4 aromatic heterocycles. The van der Waals surface area contributed by atoms with Crippen LogP contribution in [0.4, 0.5) is 11.4 Å². The second-order valence-electron chi connectivity index (χ2n) is 19.7. The number of hydrogen-bond acceptors (Lipinski definition) is 4. The van der Waals surface area contributed by atoms with E-state index in [1.54, 1.807) is 0 Å². The van der Waals surface area contributed by atoms with Crippen LogP contribution in [-0.4, -0.2) is 11.4 Å². The minimum Gasteiger partial charge on any atom is -0.456 e. The maximum atomic E-state index is 6.79. The minimum atomic E-state index is -0.169. The summed E-state index contributed by atoms with van der Waals surface area (Å²) in [5.41, 5.74) is 18.7. The van der Waals surface area contributed by atoms with Crippen molar-refractivity contribution in [2.45, 2.75) is 52.4 Å². The normalized spacial score (nSPS) is 13.9. The van der Waals surface area contributed by atoms with Gasteiger partial charge in [0.2, 0.25) is 0 Å². The van der Waals surface area contributed by atoms with E-state index in [1.807, 2.05) is 0 Å². The Balaban J connectivity index is 1.17. The molecule has 0 saturated heterocycles. The monoisotopic (exact) mass is 800 g/mol. The van der Waals surface area contributed by atoms with Crippen LogP contribution in [0.25, 0.3) is 104 Å². The van der Waals surface area contributed by atoms with E-state index in [1.165, 1.54) is 49.5 Å². The molecular weight excluding hydrogens is 759 g/mol. The largest absolute Gasteiger partial charge is 0.456 e. The summed E-state index contributed by atoms with van der Waals surface area (Å²) in [5.74, 6) is 0. The van der Waals surface area contributed by atoms with Crippen molar-refractivity contribution in [3.05, 3.63) is 151 Å². The lowest BCUT2D eigenvalue weighted by molar-refractivity contribution is 0.590. The molecule has 6 heteroatoms. The highest BCUT2D eigenvalue weighted by Gasteiger charge is 2.45. The smallest absolute Gasteiger partial charge is 0.333 e. The molecule has 0 saturated carbocycles. The molecule has 0 unspecified atom stereocenters. The average molecular weight is 801 g/mol. The molecule has 0 amide bonds. The third-order valence-corrected chi connectivity index (χ3v) is 14.1. The van der Waals surface area contributed by atoms with Crippen LogP contribution in [0.5, 0.6) is 0 Å². The fourth-order valence-electron chi connectivity index (χ4n) is 11.1. The zero-order valence-corrected chi connectivity index (χ0v) is 35.5. The number of hydrogen-bond donors (Lipinski definition) is 0. The topological polar surface area (TPSA) is 47.6 Å². The molecule has 0 fully saturated rings. The molecular formula is C56H41BN2O3. The first kappa shape index (κ1) is 34.5. The highest BCUT2D eigenvalue weighted by atomic mass is 16.3. The number of nitrogens with zero attached hydrogens (tertiary/aromatic N) is 2. The van der Waals surface area contributed by atoms with Gasteiger partial charge in [0.1, 0.15) is 33.5 Å². The number of furan rings is 3. The number of rotatable bonds is 1. The fourth-order valence-corrected chi connectivity index (χ4v) is 11.1. The van der Waals surface area contributed by atoms with Crippen LogP contribution in [0.1, 0.15) is 52.7 Å². The summed E-state index contributed by atoms with van der Waals surface area (Å²) < 4.78 is 22.5. The van der Waals surface area contributed by atoms with Crippen LogP contribution in [0.2, 0.25) is 0 Å². The van der Waals surface area contributed by atoms with E-state index < -0.39 is 0 Å². The maximum Gasteiger partial charge on any atom is 0.333 e. The maximum absolute atomic E-state index is 6.79. The second kappa shape index (κ2) is 11.4. The molecule has 2 aliphatic rings. The van der Waals surface area contributed by atoms with Crippen molar-refractivity contribution >= 4 is 117 Å². The summed E-state index contributed by atoms with van der Waals surface area (Å²) in [5, 5.41) is 9.22. The molecule has 14 rings (SSSR count). The van der Waals surface area contributed by atoms with Crippen molar-refractivity contribution in [2.24, 2.45) is 0 Å². The Bertz CT molecular complexity index is 3960. The molecule has 0 N–H and O–H groups in total. The van der Waals surface area contributed by atoms with Gasteiger partial charge in [-0.25, -0.2) is 0 Å². The zero-order valence-electron chi connectivity index (χ0n) is 35.5. The van der Waals surface area contributed by atoms with Crippen molar-refractivity contribution < 1.29 is 13.3 Å². The number of para-hydroxylation sites is 2. The predicted molar refractivity (Wildman–Crippen MR) is 259 cm³/mol. The Hall–Kier alpha value is -7.18. The number of benzene rings is 8. The third-order valence-electron chi connectivity index (χ3n) is 14.1. The molecule has 2 aliphatic heterocycles. The summed E-state index contributed by atoms with van der Waals surface area (Å²) in [4.78, 5) is 2.59. The summed E-state index contributed by atoms with van der Waals surface area (Å²) in [6.07, 6.45) is 0. The third kappa shape index (κ3) is 4.39. The molecule has 12 aromatic rings. The highest BCUT2D eigenvalue weighted by Crippen LogP contribution is 2.50. The minimum absolute atomic E-state index is 0.00268. The van der Waals surface area contributed by atoms with E-state index >= 15 is 0 Å². The first-order chi connectivity index (χ1) is 30.0. The lowest BCUT2D eigenvalue weighted by Gasteiger charge is -2.42. The average Bonchev–Trinajstić information content (AvgIpc) is 4.02. The standard InChI is InChI=1S/C56H41BN2O3/c1-55(2,3)30-15-18-32(19-16-30)59-43-28-49-39(38-25-31(56(4,5)6)17-23-47(38)62-49)26-37(43)34-20-21-36-51-42(22-24-48-52(51)35-12-8-10-14-46(35)60-48)58-44-29-50-40(33-11-7-9-13-45(33)61-50)27-41(44)57(59)53(34)54(36)58/h7-29H,1-6H3. The summed E-state index contributed by atoms with van der Waals surface area (Å²) in [7, 11) is 0. The van der Waals surface area contributed by atoms with Gasteiger partial charge >= 0.3 is 6.85 Å². The number of anilines is 2. The lowest BCUT2D eigenvalue weighted by atomic mass is 9.44. The van der Waals surface area contributed by atoms with Gasteiger partial charge in [0.15, 0.2) is 0 Å². The van der Waals surface area contributed by atoms with Gasteiger partial charge in [0, 0.05) is 77.8 Å². The molecule has 8 aromatic carbocycles. The van der Waals surface area contributed by atoms with E-state index in [0.717, 1.165) is 88.4 Å². The van der Waals surface area contributed by atoms with Crippen molar-refractivity contribution in [1.82, 2.24) is 4.57 Å². The van der Waals surface area contributed by atoms with Crippen LogP contribution < -0.4 is 15.7 Å². The predicted octanol–water partition coefficient (Wildman–Crippen LogP) is 14.3. The van der Waals surface area contributed by atoms with Crippen molar-refractivity contribution in [3.8, 4) is 16.8 Å². The molecule has 0 atom stereocenters. The van der Waals surface area contributed by atoms with Gasteiger partial charge in [-0.05, 0) is 93.0 Å². The van der Waals surface area contributed by atoms with Crippen LogP contribution in [0.3, 0.4) is 0 Å². The highest BCUT2D eigenvalue weighted by molar-refractivity contribution is 6.94. The zero-order chi connectivity index (χ0) is 41.6. The molecule has 0 radical (unpaired) electrons. The van der Waals surface area contributed by atoms with Gasteiger partial charge in [-0.3, -0.25) is 0 Å². The Kier molecular flexibility index (Phi) is 6.34. The molecule has 0 spiro atoms. The van der Waals surface area contributed by atoms with E-state index in [-0.39, 0.29) is 17.7 Å². The van der Waals surface area contributed by atoms with E-state index in [9.17, 15) is 0 Å². The Labute approximate surface area is 357 Å². The van der Waals surface area contributed by atoms with Gasteiger partial charge < -0.3 is 22.6 Å². The van der Waals surface area contributed by atoms with Gasteiger partial charge in [0.05, 0.1) is 11.0 Å². The Morgan fingerprint density at radius 3 is 1.81 bits per heavy atom. The van der Waals surface area contributed by atoms with Gasteiger partial charge in [-0.15, -0.1) is 0 Å². The van der Waals surface area contributed by atoms with Crippen molar-refractivity contribution in [1.29, 1.82) is 0 Å². The molecule has 62 heavy (non-hydrogen) atoms. The molecule has 0 aliphatic carbocycles. The summed E-state index contributed by atoms with van der Waals surface area (Å²) in [6, 6.07) is 51.4. The SMILES string of the molecule is CC(C)(C)c1ccc(N2B3c4cc5c(cc4-n4c6ccc7oc8ccccc8c7c6c6ccc(c3c64)-c3cc4c(cc32)oc2ccc(C(C)(C)C)cc24)oc2ccccc25)cc1. The number of fused-ring (bicyclic) bond motifs is 18. The van der Waals surface area contributed by atoms with Gasteiger partial charge in [0.25, 0.3) is 0 Å². The lowest BCUT2D eigenvalue weighted by Crippen LogP contribution is -2.60. The Morgan fingerprint density at radius 2 is 1.05 bits per heavy atom. The van der Waals surface area contributed by atoms with Crippen molar-refractivity contribution in [2.75, 3.05) is 4.81 Å². The summed E-state index contributed by atoms with van der Waals surface area (Å²) in [6.45, 7) is 13.5. The second-order valence-corrected chi connectivity index (χ2v) is 19.7. The van der Waals surface area contributed by atoms with E-state index in [2.05, 4.69) is 190 Å². The molecule has 6 heterocycles. The van der Waals surface area contributed by atoms with Crippen LogP contribution >= 0.6 is 0 Å². The molecule has 0 bridgehead atoms. The number of aromatic nitrogens is 1. The molecule has 296 valence electrons.